The molecule has 0 aliphatic carbocycles. The first-order valence-corrected chi connectivity index (χ1v) is 8.07. The number of halogens is 1. The fourth-order valence-corrected chi connectivity index (χ4v) is 2.70. The maximum Gasteiger partial charge on any atom is 0.338 e. The Hall–Kier alpha value is -2.33. The van der Waals surface area contributed by atoms with Crippen LogP contribution >= 0.6 is 11.6 Å². The molecule has 0 heterocycles. The third kappa shape index (κ3) is 4.83. The van der Waals surface area contributed by atoms with Crippen molar-refractivity contribution in [1.82, 2.24) is 5.32 Å². The fourth-order valence-electron chi connectivity index (χ4n) is 2.37. The van der Waals surface area contributed by atoms with Gasteiger partial charge in [-0.25, -0.2) is 4.79 Å². The lowest BCUT2D eigenvalue weighted by atomic mass is 10.1. The number of hydrogen-bond donors (Lipinski definition) is 1. The number of nitrogens with one attached hydrogen (secondary N) is 1. The Morgan fingerprint density at radius 1 is 1.12 bits per heavy atom. The monoisotopic (exact) mass is 345 g/mol. The Bertz CT molecular complexity index is 743. The van der Waals surface area contributed by atoms with Gasteiger partial charge in [-0.2, -0.15) is 0 Å². The zero-order chi connectivity index (χ0) is 17.5. The SMILES string of the molecule is COC(=O)c1ccccc1CNC(=O)CCc1ccc(C)cc1Cl. The van der Waals surface area contributed by atoms with Crippen molar-refractivity contribution < 1.29 is 14.3 Å². The highest BCUT2D eigenvalue weighted by Crippen LogP contribution is 2.19. The highest BCUT2D eigenvalue weighted by molar-refractivity contribution is 6.31. The van der Waals surface area contributed by atoms with E-state index in [9.17, 15) is 9.59 Å². The van der Waals surface area contributed by atoms with Crippen LogP contribution in [0.2, 0.25) is 5.02 Å². The number of ether oxygens (including phenoxy) is 1. The normalized spacial score (nSPS) is 10.3. The average Bonchev–Trinajstić information content (AvgIpc) is 2.58. The summed E-state index contributed by atoms with van der Waals surface area (Å²) < 4.78 is 4.75. The molecule has 0 spiro atoms. The third-order valence-electron chi connectivity index (χ3n) is 3.73. The summed E-state index contributed by atoms with van der Waals surface area (Å²) in [6.07, 6.45) is 0.909. The summed E-state index contributed by atoms with van der Waals surface area (Å²) in [5.74, 6) is -0.502. The molecular formula is C19H20ClNO3. The second kappa shape index (κ2) is 8.50. The molecule has 0 fully saturated rings. The number of benzene rings is 2. The van der Waals surface area contributed by atoms with Gasteiger partial charge in [-0.3, -0.25) is 4.79 Å². The van der Waals surface area contributed by atoms with E-state index in [0.717, 1.165) is 16.7 Å². The van der Waals surface area contributed by atoms with Crippen LogP contribution in [0.4, 0.5) is 0 Å². The van der Waals surface area contributed by atoms with E-state index in [1.54, 1.807) is 18.2 Å². The van der Waals surface area contributed by atoms with Crippen LogP contribution in [0.25, 0.3) is 0 Å². The second-order valence-corrected chi connectivity index (χ2v) is 5.93. The Balaban J connectivity index is 1.91. The smallest absolute Gasteiger partial charge is 0.338 e. The number of aryl methyl sites for hydroxylation is 2. The first-order chi connectivity index (χ1) is 11.5. The van der Waals surface area contributed by atoms with Crippen molar-refractivity contribution in [3.63, 3.8) is 0 Å². The highest BCUT2D eigenvalue weighted by atomic mass is 35.5. The van der Waals surface area contributed by atoms with Gasteiger partial charge >= 0.3 is 5.97 Å². The molecular weight excluding hydrogens is 326 g/mol. The molecule has 126 valence electrons. The van der Waals surface area contributed by atoms with Gasteiger partial charge in [-0.1, -0.05) is 41.9 Å². The molecule has 0 aliphatic rings. The lowest BCUT2D eigenvalue weighted by Gasteiger charge is -2.10. The molecule has 5 heteroatoms. The van der Waals surface area contributed by atoms with Crippen LogP contribution in [0, 0.1) is 6.92 Å². The lowest BCUT2D eigenvalue weighted by Crippen LogP contribution is -2.24. The standard InChI is InChI=1S/C19H20ClNO3/c1-13-7-8-14(17(20)11-13)9-10-18(22)21-12-15-5-3-4-6-16(15)19(23)24-2/h3-8,11H,9-10,12H2,1-2H3,(H,21,22). The van der Waals surface area contributed by atoms with Crippen molar-refractivity contribution in [3.05, 3.63) is 69.7 Å². The summed E-state index contributed by atoms with van der Waals surface area (Å²) in [5, 5.41) is 3.51. The molecule has 2 aromatic rings. The first-order valence-electron chi connectivity index (χ1n) is 7.69. The Morgan fingerprint density at radius 2 is 1.88 bits per heavy atom. The minimum absolute atomic E-state index is 0.0914. The zero-order valence-electron chi connectivity index (χ0n) is 13.8. The van der Waals surface area contributed by atoms with Crippen molar-refractivity contribution in [3.8, 4) is 0 Å². The van der Waals surface area contributed by atoms with Crippen LogP contribution < -0.4 is 5.32 Å². The third-order valence-corrected chi connectivity index (χ3v) is 4.08. The molecule has 0 saturated heterocycles. The summed E-state index contributed by atoms with van der Waals surface area (Å²) >= 11 is 6.17. The van der Waals surface area contributed by atoms with E-state index < -0.39 is 5.97 Å². The van der Waals surface area contributed by atoms with Crippen LogP contribution in [-0.4, -0.2) is 19.0 Å². The summed E-state index contributed by atoms with van der Waals surface area (Å²) in [6.45, 7) is 2.26. The van der Waals surface area contributed by atoms with Gasteiger partial charge in [-0.15, -0.1) is 0 Å². The van der Waals surface area contributed by atoms with Gasteiger partial charge in [0.1, 0.15) is 0 Å². The summed E-state index contributed by atoms with van der Waals surface area (Å²) in [7, 11) is 1.34. The van der Waals surface area contributed by atoms with E-state index >= 15 is 0 Å². The number of esters is 1. The Kier molecular flexibility index (Phi) is 6.38. The molecule has 0 saturated carbocycles. The van der Waals surface area contributed by atoms with E-state index in [1.807, 2.05) is 31.2 Å². The van der Waals surface area contributed by atoms with Gasteiger partial charge in [0.05, 0.1) is 12.7 Å². The lowest BCUT2D eigenvalue weighted by molar-refractivity contribution is -0.121. The number of amides is 1. The summed E-state index contributed by atoms with van der Waals surface area (Å²) in [4.78, 5) is 23.8. The van der Waals surface area contributed by atoms with Gasteiger partial charge in [0.15, 0.2) is 0 Å². The van der Waals surface area contributed by atoms with Crippen LogP contribution in [0.1, 0.15) is 33.5 Å². The molecule has 0 aliphatic heterocycles. The molecule has 0 radical (unpaired) electrons. The summed E-state index contributed by atoms with van der Waals surface area (Å²) in [6, 6.07) is 12.9. The van der Waals surface area contributed by atoms with E-state index in [0.29, 0.717) is 23.4 Å². The van der Waals surface area contributed by atoms with E-state index in [4.69, 9.17) is 16.3 Å². The number of carbonyl (C=O) groups excluding carboxylic acids is 2. The molecule has 0 aromatic heterocycles. The molecule has 0 atom stereocenters. The maximum atomic E-state index is 12.0. The van der Waals surface area contributed by atoms with E-state index in [1.165, 1.54) is 7.11 Å². The number of carbonyl (C=O) groups is 2. The molecule has 2 rings (SSSR count). The largest absolute Gasteiger partial charge is 0.465 e. The number of methoxy groups -OCH3 is 1. The molecule has 4 nitrogen and oxygen atoms in total. The van der Waals surface area contributed by atoms with Gasteiger partial charge < -0.3 is 10.1 Å². The van der Waals surface area contributed by atoms with Crippen molar-refractivity contribution in [2.24, 2.45) is 0 Å². The van der Waals surface area contributed by atoms with Crippen LogP contribution in [0.5, 0.6) is 0 Å². The van der Waals surface area contributed by atoms with Crippen molar-refractivity contribution in [1.29, 1.82) is 0 Å². The highest BCUT2D eigenvalue weighted by Gasteiger charge is 2.12. The number of hydrogen-bond acceptors (Lipinski definition) is 3. The van der Waals surface area contributed by atoms with Gasteiger partial charge in [-0.05, 0) is 42.2 Å². The Morgan fingerprint density at radius 3 is 2.58 bits per heavy atom. The van der Waals surface area contributed by atoms with Crippen LogP contribution in [0.3, 0.4) is 0 Å². The van der Waals surface area contributed by atoms with E-state index in [2.05, 4.69) is 5.32 Å². The van der Waals surface area contributed by atoms with Gasteiger partial charge in [0.25, 0.3) is 0 Å². The zero-order valence-corrected chi connectivity index (χ0v) is 14.5. The van der Waals surface area contributed by atoms with E-state index in [-0.39, 0.29) is 12.5 Å². The molecule has 0 unspecified atom stereocenters. The first kappa shape index (κ1) is 18.0. The quantitative estimate of drug-likeness (QED) is 0.812. The predicted octanol–water partition coefficient (Wildman–Crippen LogP) is 3.68. The Labute approximate surface area is 146 Å². The second-order valence-electron chi connectivity index (χ2n) is 5.52. The topological polar surface area (TPSA) is 55.4 Å². The molecule has 2 aromatic carbocycles. The van der Waals surface area contributed by atoms with Crippen molar-refractivity contribution in [2.45, 2.75) is 26.3 Å². The maximum absolute atomic E-state index is 12.0. The van der Waals surface area contributed by atoms with Gasteiger partial charge in [0, 0.05) is 18.0 Å². The fraction of sp³-hybridized carbons (Fsp3) is 0.263. The average molecular weight is 346 g/mol. The summed E-state index contributed by atoms with van der Waals surface area (Å²) in [5.41, 5.74) is 3.23. The number of rotatable bonds is 6. The molecule has 1 amide bonds. The molecule has 1 N–H and O–H groups in total. The van der Waals surface area contributed by atoms with Crippen molar-refractivity contribution >= 4 is 23.5 Å². The van der Waals surface area contributed by atoms with Crippen LogP contribution in [-0.2, 0) is 22.5 Å². The molecule has 24 heavy (non-hydrogen) atoms. The minimum atomic E-state index is -0.411. The minimum Gasteiger partial charge on any atom is -0.465 e. The van der Waals surface area contributed by atoms with Crippen LogP contribution in [0.15, 0.2) is 42.5 Å². The predicted molar refractivity (Wildman–Crippen MR) is 94.1 cm³/mol. The van der Waals surface area contributed by atoms with Gasteiger partial charge in [0.2, 0.25) is 5.91 Å². The van der Waals surface area contributed by atoms with Crippen molar-refractivity contribution in [2.75, 3.05) is 7.11 Å². The molecule has 0 bridgehead atoms.